The molecule has 296 valence electrons. The number of hydrogen-bond donors (Lipinski definition) is 3. The molecule has 2 saturated heterocycles. The lowest BCUT2D eigenvalue weighted by atomic mass is 10.1. The number of amides is 1. The molecule has 0 radical (unpaired) electrons. The summed E-state index contributed by atoms with van der Waals surface area (Å²) in [5.41, 5.74) is 14.6. The number of morpholine rings is 2. The molecule has 6 aromatic rings. The van der Waals surface area contributed by atoms with Crippen LogP contribution in [0, 0.1) is 13.8 Å². The summed E-state index contributed by atoms with van der Waals surface area (Å²) in [4.78, 5) is 36.1. The largest absolute Gasteiger partial charge is 0.476 e. The third-order valence-corrected chi connectivity index (χ3v) is 9.56. The minimum Gasteiger partial charge on any atom is -0.476 e. The average molecular weight is 783 g/mol. The zero-order valence-electron chi connectivity index (χ0n) is 32.3. The Morgan fingerprint density at radius 1 is 0.661 bits per heavy atom. The molecule has 0 spiro atoms. The Hall–Kier alpha value is -5.47. The number of carbonyl (C=O) groups is 2. The Morgan fingerprint density at radius 3 is 1.54 bits per heavy atom. The number of aromatic nitrogens is 4. The van der Waals surface area contributed by atoms with E-state index in [1.807, 2.05) is 62.7 Å². The number of carbonyl (C=O) groups excluding carboxylic acids is 1. The van der Waals surface area contributed by atoms with Crippen molar-refractivity contribution in [1.82, 2.24) is 24.1 Å². The van der Waals surface area contributed by atoms with E-state index in [0.29, 0.717) is 11.3 Å². The van der Waals surface area contributed by atoms with Crippen molar-refractivity contribution in [2.75, 3.05) is 62.4 Å². The predicted molar refractivity (Wildman–Crippen MR) is 221 cm³/mol. The maximum Gasteiger partial charge on any atom is 0.356 e. The number of pyridine rings is 2. The lowest BCUT2D eigenvalue weighted by Gasteiger charge is -2.29. The van der Waals surface area contributed by atoms with Crippen molar-refractivity contribution in [2.24, 2.45) is 5.73 Å². The molecule has 0 bridgehead atoms. The number of aryl methyl sites for hydroxylation is 2. The number of rotatable bonds is 7. The first kappa shape index (κ1) is 41.7. The number of hydrogen-bond acceptors (Lipinski definition) is 9. The average Bonchev–Trinajstić information content (AvgIpc) is 3.84. The maximum atomic E-state index is 12.6. The molecule has 1 amide bonds. The third kappa shape index (κ3) is 10.8. The molecule has 0 saturated carbocycles. The minimum absolute atomic E-state index is 0. The van der Waals surface area contributed by atoms with Gasteiger partial charge in [-0.15, -0.1) is 12.4 Å². The number of carboxylic acids is 1. The molecule has 2 fully saturated rings. The second-order valence-electron chi connectivity index (χ2n) is 13.9. The van der Waals surface area contributed by atoms with Crippen molar-refractivity contribution >= 4 is 47.0 Å². The van der Waals surface area contributed by atoms with E-state index in [4.69, 9.17) is 20.3 Å². The zero-order valence-corrected chi connectivity index (χ0v) is 33.1. The summed E-state index contributed by atoms with van der Waals surface area (Å²) < 4.78 is 14.3. The zero-order chi connectivity index (χ0) is 38.9. The molecule has 2 aliphatic rings. The Kier molecular flexibility index (Phi) is 14.4. The van der Waals surface area contributed by atoms with Gasteiger partial charge in [-0.2, -0.15) is 0 Å². The molecule has 4 aromatic heterocycles. The topological polar surface area (TPSA) is 152 Å². The van der Waals surface area contributed by atoms with Crippen LogP contribution in [0.3, 0.4) is 0 Å². The van der Waals surface area contributed by atoms with Gasteiger partial charge in [0.2, 0.25) is 0 Å². The van der Waals surface area contributed by atoms with Crippen LogP contribution in [0.1, 0.15) is 69.2 Å². The molecule has 14 heteroatoms. The Morgan fingerprint density at radius 2 is 1.09 bits per heavy atom. The molecular weight excluding hydrogens is 732 g/mol. The SMILES string of the molecule is C[C@@H](N)c1ccc(N2CCOCC2)cc1.Cc1ccc2nc(C(=O)N[C@H](C)c3ccc(N4CCOCC4)cc3)cn2c1.Cc1ccc2nc(C(=O)O)cn2c1.Cl. The number of halogens is 1. The van der Waals surface area contributed by atoms with Crippen molar-refractivity contribution in [3.8, 4) is 0 Å². The number of anilines is 2. The van der Waals surface area contributed by atoms with Crippen molar-refractivity contribution in [1.29, 1.82) is 0 Å². The molecule has 13 nitrogen and oxygen atoms in total. The first-order chi connectivity index (χ1) is 26.5. The maximum absolute atomic E-state index is 12.6. The molecule has 0 aliphatic carbocycles. The van der Waals surface area contributed by atoms with E-state index in [1.54, 1.807) is 16.7 Å². The number of carboxylic acid groups (broad SMARTS) is 1. The van der Waals surface area contributed by atoms with Crippen molar-refractivity contribution in [3.63, 3.8) is 0 Å². The fraction of sp³-hybridized carbons (Fsp3) is 0.333. The van der Waals surface area contributed by atoms with Gasteiger partial charge in [-0.3, -0.25) is 4.79 Å². The predicted octanol–water partition coefficient (Wildman–Crippen LogP) is 6.28. The quantitative estimate of drug-likeness (QED) is 0.169. The van der Waals surface area contributed by atoms with Crippen molar-refractivity contribution in [3.05, 3.63) is 131 Å². The first-order valence-electron chi connectivity index (χ1n) is 18.6. The summed E-state index contributed by atoms with van der Waals surface area (Å²) in [6.45, 7) is 14.9. The van der Waals surface area contributed by atoms with E-state index in [1.165, 1.54) is 23.1 Å². The number of nitrogens with two attached hydrogens (primary N) is 1. The number of nitrogens with zero attached hydrogens (tertiary/aromatic N) is 6. The summed E-state index contributed by atoms with van der Waals surface area (Å²) in [6, 6.07) is 24.5. The number of fused-ring (bicyclic) bond motifs is 2. The van der Waals surface area contributed by atoms with Crippen molar-refractivity contribution in [2.45, 2.75) is 39.8 Å². The molecule has 56 heavy (non-hydrogen) atoms. The number of aromatic carboxylic acids is 1. The highest BCUT2D eigenvalue weighted by Gasteiger charge is 2.17. The lowest BCUT2D eigenvalue weighted by Crippen LogP contribution is -2.36. The summed E-state index contributed by atoms with van der Waals surface area (Å²) in [7, 11) is 0. The summed E-state index contributed by atoms with van der Waals surface area (Å²) in [6.07, 6.45) is 7.08. The third-order valence-electron chi connectivity index (χ3n) is 9.56. The fourth-order valence-corrected chi connectivity index (χ4v) is 6.38. The van der Waals surface area contributed by atoms with Gasteiger partial charge < -0.3 is 44.2 Å². The van der Waals surface area contributed by atoms with Crippen LogP contribution in [-0.2, 0) is 9.47 Å². The summed E-state index contributed by atoms with van der Waals surface area (Å²) in [5.74, 6) is -1.16. The minimum atomic E-state index is -0.999. The molecule has 2 aromatic carbocycles. The van der Waals surface area contributed by atoms with Gasteiger partial charge in [-0.25, -0.2) is 14.8 Å². The summed E-state index contributed by atoms with van der Waals surface area (Å²) >= 11 is 0. The number of ether oxygens (including phenoxy) is 2. The Bertz CT molecular complexity index is 2190. The Labute approximate surface area is 333 Å². The monoisotopic (exact) mass is 782 g/mol. The van der Waals surface area contributed by atoms with Gasteiger partial charge >= 0.3 is 5.97 Å². The van der Waals surface area contributed by atoms with Crippen LogP contribution in [-0.4, -0.2) is 88.4 Å². The van der Waals surface area contributed by atoms with E-state index in [-0.39, 0.29) is 36.1 Å². The Balaban J connectivity index is 0.000000175. The van der Waals surface area contributed by atoms with Crippen LogP contribution in [0.2, 0.25) is 0 Å². The van der Waals surface area contributed by atoms with E-state index < -0.39 is 5.97 Å². The van der Waals surface area contributed by atoms with E-state index in [9.17, 15) is 9.59 Å². The molecule has 6 heterocycles. The molecular formula is C42H51ClN8O5. The fourth-order valence-electron chi connectivity index (χ4n) is 6.38. The van der Waals surface area contributed by atoms with Crippen LogP contribution < -0.4 is 20.9 Å². The standard InChI is InChI=1S/C21H24N4O2.C12H18N2O.C9H8N2O2.ClH/c1-15-3-8-20-23-19(14-25(20)13-15)21(26)22-16(2)17-4-6-18(7-5-17)24-9-11-27-12-10-24;1-10(13)11-2-4-12(5-3-11)14-6-8-15-9-7-14;1-6-2-3-8-10-7(9(12)13)5-11(8)4-6;/h3-8,13-14,16H,9-12H2,1-2H3,(H,22,26);2-5,10H,6-9,13H2,1H3;2-5H,1H3,(H,12,13);1H/t16-;10-;;/m11../s1. The summed E-state index contributed by atoms with van der Waals surface area (Å²) in [5, 5.41) is 11.7. The molecule has 4 N–H and O–H groups in total. The molecule has 2 atom stereocenters. The van der Waals surface area contributed by atoms with Crippen LogP contribution in [0.15, 0.2) is 97.6 Å². The molecule has 2 aliphatic heterocycles. The smallest absolute Gasteiger partial charge is 0.356 e. The highest BCUT2D eigenvalue weighted by Crippen LogP contribution is 2.21. The van der Waals surface area contributed by atoms with Gasteiger partial charge in [0.1, 0.15) is 17.0 Å². The van der Waals surface area contributed by atoms with Gasteiger partial charge in [0.05, 0.1) is 32.5 Å². The van der Waals surface area contributed by atoms with Crippen LogP contribution in [0.4, 0.5) is 11.4 Å². The number of imidazole rings is 2. The van der Waals surface area contributed by atoms with E-state index in [2.05, 4.69) is 73.6 Å². The van der Waals surface area contributed by atoms with Crippen LogP contribution >= 0.6 is 12.4 Å². The van der Waals surface area contributed by atoms with E-state index >= 15 is 0 Å². The van der Waals surface area contributed by atoms with Gasteiger partial charge in [-0.05, 0) is 86.3 Å². The molecule has 0 unspecified atom stereocenters. The highest BCUT2D eigenvalue weighted by molar-refractivity contribution is 5.93. The van der Waals surface area contributed by atoms with Crippen molar-refractivity contribution < 1.29 is 24.2 Å². The van der Waals surface area contributed by atoms with Crippen LogP contribution in [0.25, 0.3) is 11.3 Å². The van der Waals surface area contributed by atoms with Gasteiger partial charge in [0, 0.05) is 68.4 Å². The first-order valence-corrected chi connectivity index (χ1v) is 18.6. The lowest BCUT2D eigenvalue weighted by molar-refractivity contribution is 0.0691. The second kappa shape index (κ2) is 19.4. The van der Waals surface area contributed by atoms with E-state index in [0.717, 1.165) is 74.9 Å². The van der Waals surface area contributed by atoms with Gasteiger partial charge in [0.15, 0.2) is 5.69 Å². The van der Waals surface area contributed by atoms with Gasteiger partial charge in [0.25, 0.3) is 5.91 Å². The van der Waals surface area contributed by atoms with Crippen LogP contribution in [0.5, 0.6) is 0 Å². The number of nitrogens with one attached hydrogen (secondary N) is 1. The molecule has 8 rings (SSSR count). The second-order valence-corrected chi connectivity index (χ2v) is 13.9. The normalized spacial score (nSPS) is 15.1. The van der Waals surface area contributed by atoms with Gasteiger partial charge in [-0.1, -0.05) is 36.4 Å². The number of benzene rings is 2. The highest BCUT2D eigenvalue weighted by atomic mass is 35.5.